The quantitative estimate of drug-likeness (QED) is 0.527. The molecule has 7 nitrogen and oxygen atoms in total. The van der Waals surface area contributed by atoms with Gasteiger partial charge in [-0.1, -0.05) is 30.3 Å². The number of H-pyrrole nitrogens is 1. The second-order valence-corrected chi connectivity index (χ2v) is 5.59. The Balaban J connectivity index is 2.03. The van der Waals surface area contributed by atoms with Gasteiger partial charge in [0.05, 0.1) is 18.4 Å². The van der Waals surface area contributed by atoms with Crippen LogP contribution in [0.3, 0.4) is 0 Å². The van der Waals surface area contributed by atoms with Crippen molar-refractivity contribution < 1.29 is 4.79 Å². The summed E-state index contributed by atoms with van der Waals surface area (Å²) in [7, 11) is 1.92. The molecule has 0 spiro atoms. The summed E-state index contributed by atoms with van der Waals surface area (Å²) in [5, 5.41) is 5.94. The maximum atomic E-state index is 11.6. The molecule has 1 aromatic carbocycles. The van der Waals surface area contributed by atoms with Gasteiger partial charge in [-0.15, -0.1) is 0 Å². The van der Waals surface area contributed by atoms with Gasteiger partial charge in [0, 0.05) is 20.1 Å². The van der Waals surface area contributed by atoms with Crippen LogP contribution in [0.4, 0.5) is 0 Å². The van der Waals surface area contributed by atoms with Gasteiger partial charge in [0.25, 0.3) is 0 Å². The van der Waals surface area contributed by atoms with Crippen molar-refractivity contribution >= 4 is 11.9 Å². The van der Waals surface area contributed by atoms with E-state index in [2.05, 4.69) is 25.6 Å². The van der Waals surface area contributed by atoms with E-state index in [-0.39, 0.29) is 12.5 Å². The first-order chi connectivity index (χ1) is 12.1. The lowest BCUT2D eigenvalue weighted by atomic mass is 10.2. The summed E-state index contributed by atoms with van der Waals surface area (Å²) in [6.45, 7) is 5.89. The maximum Gasteiger partial charge on any atom is 0.241 e. The highest BCUT2D eigenvalue weighted by atomic mass is 16.1. The van der Waals surface area contributed by atoms with Crippen LogP contribution in [0.5, 0.6) is 0 Å². The van der Waals surface area contributed by atoms with E-state index in [1.54, 1.807) is 0 Å². The van der Waals surface area contributed by atoms with E-state index in [0.29, 0.717) is 19.0 Å². The van der Waals surface area contributed by atoms with Crippen LogP contribution in [0.1, 0.15) is 19.7 Å². The van der Waals surface area contributed by atoms with Crippen molar-refractivity contribution in [2.45, 2.75) is 20.4 Å². The van der Waals surface area contributed by atoms with Gasteiger partial charge in [-0.05, 0) is 19.4 Å². The van der Waals surface area contributed by atoms with Crippen molar-refractivity contribution in [2.75, 3.05) is 26.7 Å². The highest BCUT2D eigenvalue weighted by Gasteiger charge is 2.10. The van der Waals surface area contributed by atoms with Crippen LogP contribution < -0.4 is 10.6 Å². The number of nitrogens with one attached hydrogen (secondary N) is 3. The minimum Gasteiger partial charge on any atom is -0.357 e. The smallest absolute Gasteiger partial charge is 0.241 e. The molecule has 1 heterocycles. The van der Waals surface area contributed by atoms with E-state index in [1.165, 1.54) is 0 Å². The average Bonchev–Trinajstić information content (AvgIpc) is 3.08. The number of carbonyl (C=O) groups excluding carboxylic acids is 1. The third-order valence-corrected chi connectivity index (χ3v) is 3.54. The number of hydrogen-bond donors (Lipinski definition) is 3. The lowest BCUT2D eigenvalue weighted by Crippen LogP contribution is -2.39. The van der Waals surface area contributed by atoms with Crippen LogP contribution in [-0.2, 0) is 11.3 Å². The molecule has 0 saturated carbocycles. The summed E-state index contributed by atoms with van der Waals surface area (Å²) >= 11 is 0. The molecule has 134 valence electrons. The number of guanidine groups is 1. The summed E-state index contributed by atoms with van der Waals surface area (Å²) in [4.78, 5) is 25.7. The van der Waals surface area contributed by atoms with E-state index in [0.717, 1.165) is 23.6 Å². The van der Waals surface area contributed by atoms with E-state index in [1.807, 2.05) is 62.3 Å². The number of rotatable bonds is 7. The van der Waals surface area contributed by atoms with Crippen LogP contribution >= 0.6 is 0 Å². The molecule has 0 bridgehead atoms. The molecule has 7 heteroatoms. The number of imidazole rings is 1. The van der Waals surface area contributed by atoms with Crippen molar-refractivity contribution in [1.29, 1.82) is 0 Å². The molecule has 0 aliphatic carbocycles. The number of benzene rings is 1. The largest absolute Gasteiger partial charge is 0.357 e. The van der Waals surface area contributed by atoms with Crippen molar-refractivity contribution in [1.82, 2.24) is 25.5 Å². The molecule has 0 fully saturated rings. The predicted octanol–water partition coefficient (Wildman–Crippen LogP) is 1.61. The van der Waals surface area contributed by atoms with E-state index >= 15 is 0 Å². The van der Waals surface area contributed by atoms with Gasteiger partial charge in [-0.2, -0.15) is 0 Å². The molecule has 3 N–H and O–H groups in total. The van der Waals surface area contributed by atoms with Crippen molar-refractivity contribution in [3.8, 4) is 11.3 Å². The van der Waals surface area contributed by atoms with Gasteiger partial charge in [-0.3, -0.25) is 4.79 Å². The van der Waals surface area contributed by atoms with Gasteiger partial charge in [0.2, 0.25) is 5.91 Å². The van der Waals surface area contributed by atoms with Crippen molar-refractivity contribution in [2.24, 2.45) is 4.99 Å². The fourth-order valence-corrected chi connectivity index (χ4v) is 2.38. The Morgan fingerprint density at radius 1 is 1.20 bits per heavy atom. The van der Waals surface area contributed by atoms with Crippen LogP contribution in [0.2, 0.25) is 0 Å². The molecule has 0 aliphatic rings. The predicted molar refractivity (Wildman–Crippen MR) is 100 cm³/mol. The number of aromatic amines is 1. The third kappa shape index (κ3) is 5.63. The first-order valence-electron chi connectivity index (χ1n) is 8.49. The average molecular weight is 342 g/mol. The van der Waals surface area contributed by atoms with E-state index < -0.39 is 0 Å². The van der Waals surface area contributed by atoms with E-state index in [4.69, 9.17) is 0 Å². The monoisotopic (exact) mass is 342 g/mol. The number of hydrogen-bond acceptors (Lipinski definition) is 3. The summed E-state index contributed by atoms with van der Waals surface area (Å²) in [6, 6.07) is 10.1. The Kier molecular flexibility index (Phi) is 7.00. The first kappa shape index (κ1) is 18.5. The van der Waals surface area contributed by atoms with Gasteiger partial charge in [0.1, 0.15) is 12.4 Å². The van der Waals surface area contributed by atoms with Crippen molar-refractivity contribution in [3.63, 3.8) is 0 Å². The molecular formula is C18H26N6O. The van der Waals surface area contributed by atoms with Gasteiger partial charge >= 0.3 is 0 Å². The SMILES string of the molecule is CCNC(=O)CN=C(NCC)N(C)Cc1ncc(-c2ccccc2)[nH]1. The Labute approximate surface area is 148 Å². The maximum absolute atomic E-state index is 11.6. The molecule has 0 atom stereocenters. The van der Waals surface area contributed by atoms with Crippen LogP contribution in [-0.4, -0.2) is 53.4 Å². The normalized spacial score (nSPS) is 11.2. The van der Waals surface area contributed by atoms with Gasteiger partial charge < -0.3 is 20.5 Å². The molecule has 0 saturated heterocycles. The molecule has 0 radical (unpaired) electrons. The fourth-order valence-electron chi connectivity index (χ4n) is 2.38. The first-order valence-corrected chi connectivity index (χ1v) is 8.49. The summed E-state index contributed by atoms with van der Waals surface area (Å²) in [6.07, 6.45) is 1.83. The number of carbonyl (C=O) groups is 1. The van der Waals surface area contributed by atoms with Gasteiger partial charge in [-0.25, -0.2) is 9.98 Å². The number of aromatic nitrogens is 2. The number of likely N-dealkylation sites (N-methyl/N-ethyl adjacent to an activating group) is 1. The lowest BCUT2D eigenvalue weighted by Gasteiger charge is -2.20. The standard InChI is InChI=1S/C18H26N6O/c1-4-19-17(25)12-22-18(20-5-2)24(3)13-16-21-11-15(23-16)14-9-7-6-8-10-14/h6-11H,4-5,12-13H2,1-3H3,(H,19,25)(H,20,22)(H,21,23). The zero-order chi connectivity index (χ0) is 18.1. The minimum absolute atomic E-state index is 0.0873. The van der Waals surface area contributed by atoms with Gasteiger partial charge in [0.15, 0.2) is 5.96 Å². The number of amides is 1. The second-order valence-electron chi connectivity index (χ2n) is 5.59. The summed E-state index contributed by atoms with van der Waals surface area (Å²) in [5.41, 5.74) is 2.08. The fraction of sp³-hybridized carbons (Fsp3) is 0.389. The number of aliphatic imine (C=N–C) groups is 1. The molecule has 1 amide bonds. The minimum atomic E-state index is -0.0873. The molecular weight excluding hydrogens is 316 g/mol. The summed E-state index contributed by atoms with van der Waals surface area (Å²) < 4.78 is 0. The summed E-state index contributed by atoms with van der Waals surface area (Å²) in [5.74, 6) is 1.42. The molecule has 2 rings (SSSR count). The molecule has 25 heavy (non-hydrogen) atoms. The lowest BCUT2D eigenvalue weighted by molar-refractivity contribution is -0.119. The van der Waals surface area contributed by atoms with Crippen molar-refractivity contribution in [3.05, 3.63) is 42.4 Å². The zero-order valence-corrected chi connectivity index (χ0v) is 15.0. The zero-order valence-electron chi connectivity index (χ0n) is 15.0. The van der Waals surface area contributed by atoms with Crippen LogP contribution in [0.25, 0.3) is 11.3 Å². The highest BCUT2D eigenvalue weighted by Crippen LogP contribution is 2.16. The number of nitrogens with zero attached hydrogens (tertiary/aromatic N) is 3. The second kappa shape index (κ2) is 9.46. The Hall–Kier alpha value is -2.83. The highest BCUT2D eigenvalue weighted by molar-refractivity contribution is 5.84. The van der Waals surface area contributed by atoms with E-state index in [9.17, 15) is 4.79 Å². The third-order valence-electron chi connectivity index (χ3n) is 3.54. The Bertz CT molecular complexity index is 695. The van der Waals surface area contributed by atoms with Crippen LogP contribution in [0, 0.1) is 0 Å². The molecule has 1 aromatic heterocycles. The molecule has 0 aliphatic heterocycles. The van der Waals surface area contributed by atoms with Crippen LogP contribution in [0.15, 0.2) is 41.5 Å². The molecule has 0 unspecified atom stereocenters. The molecule has 2 aromatic rings. The Morgan fingerprint density at radius 2 is 1.92 bits per heavy atom. The Morgan fingerprint density at radius 3 is 2.60 bits per heavy atom. The topological polar surface area (TPSA) is 85.4 Å².